The molecule has 0 aliphatic heterocycles. The van der Waals surface area contributed by atoms with Gasteiger partial charge in [-0.05, 0) is 53.8 Å². The van der Waals surface area contributed by atoms with Crippen molar-refractivity contribution in [3.05, 3.63) is 94.5 Å². The van der Waals surface area contributed by atoms with Gasteiger partial charge in [0.25, 0.3) is 0 Å². The maximum absolute atomic E-state index is 10.1. The molecule has 0 radical (unpaired) electrons. The van der Waals surface area contributed by atoms with Crippen LogP contribution in [0.3, 0.4) is 0 Å². The zero-order valence-corrected chi connectivity index (χ0v) is 17.9. The number of nitrogens with two attached hydrogens (primary N) is 2. The summed E-state index contributed by atoms with van der Waals surface area (Å²) in [5.74, 6) is 1.06. The van der Waals surface area contributed by atoms with Gasteiger partial charge in [-0.2, -0.15) is 0 Å². The molecule has 5 N–H and O–H groups in total. The molecule has 0 aliphatic carbocycles. The van der Waals surface area contributed by atoms with Crippen molar-refractivity contribution in [2.45, 2.75) is 51.8 Å². The smallest absolute Gasteiger partial charge is 0.124 e. The van der Waals surface area contributed by atoms with Crippen molar-refractivity contribution in [1.29, 1.82) is 0 Å². The molecule has 0 aromatic heterocycles. The van der Waals surface area contributed by atoms with Crippen molar-refractivity contribution in [1.82, 2.24) is 0 Å². The third-order valence-electron chi connectivity index (χ3n) is 6.13. The number of hydrogen-bond donors (Lipinski definition) is 3. The van der Waals surface area contributed by atoms with Crippen molar-refractivity contribution in [3.8, 4) is 11.5 Å². The Labute approximate surface area is 179 Å². The molecule has 0 amide bonds. The summed E-state index contributed by atoms with van der Waals surface area (Å²) in [5, 5.41) is 10.1. The average Bonchev–Trinajstić information content (AvgIpc) is 2.80. The fourth-order valence-corrected chi connectivity index (χ4v) is 4.19. The second-order valence-electron chi connectivity index (χ2n) is 7.64. The number of ether oxygens (including phenoxy) is 1. The number of hydrogen-bond acceptors (Lipinski definition) is 4. The molecule has 3 aromatic carbocycles. The fourth-order valence-electron chi connectivity index (χ4n) is 4.19. The highest BCUT2D eigenvalue weighted by Crippen LogP contribution is 2.41. The largest absolute Gasteiger partial charge is 0.508 e. The van der Waals surface area contributed by atoms with Crippen molar-refractivity contribution < 1.29 is 9.84 Å². The highest BCUT2D eigenvalue weighted by atomic mass is 16.5. The van der Waals surface area contributed by atoms with Gasteiger partial charge in [-0.15, -0.1) is 0 Å². The molecule has 4 nitrogen and oxygen atoms in total. The zero-order chi connectivity index (χ0) is 21.6. The van der Waals surface area contributed by atoms with Gasteiger partial charge >= 0.3 is 0 Å². The topological polar surface area (TPSA) is 81.5 Å². The predicted molar refractivity (Wildman–Crippen MR) is 122 cm³/mol. The lowest BCUT2D eigenvalue weighted by atomic mass is 9.70. The van der Waals surface area contributed by atoms with Gasteiger partial charge < -0.3 is 21.3 Å². The third-order valence-corrected chi connectivity index (χ3v) is 6.13. The van der Waals surface area contributed by atoms with E-state index in [0.29, 0.717) is 19.7 Å². The van der Waals surface area contributed by atoms with E-state index in [2.05, 4.69) is 38.1 Å². The third kappa shape index (κ3) is 4.35. The Bertz CT molecular complexity index is 966. The maximum atomic E-state index is 10.1. The van der Waals surface area contributed by atoms with E-state index in [1.807, 2.05) is 36.4 Å². The molecule has 4 heteroatoms. The van der Waals surface area contributed by atoms with Crippen LogP contribution in [0.25, 0.3) is 0 Å². The number of benzene rings is 3. The first kappa shape index (κ1) is 21.9. The molecule has 158 valence electrons. The van der Waals surface area contributed by atoms with E-state index in [1.54, 1.807) is 6.07 Å². The minimum Gasteiger partial charge on any atom is -0.508 e. The Hall–Kier alpha value is -2.82. The lowest BCUT2D eigenvalue weighted by Gasteiger charge is -2.34. The summed E-state index contributed by atoms with van der Waals surface area (Å²) in [6.07, 6.45) is 1.85. The SMILES string of the molecule is CCC(CC)(c1ccc(O)c(CN)c1)c1ccc(OCc2ccccc2)c(CN)c1. The maximum Gasteiger partial charge on any atom is 0.124 e. The molecule has 0 fully saturated rings. The Balaban J connectivity index is 1.97. The summed E-state index contributed by atoms with van der Waals surface area (Å²) in [4.78, 5) is 0. The second-order valence-corrected chi connectivity index (χ2v) is 7.64. The second kappa shape index (κ2) is 9.79. The van der Waals surface area contributed by atoms with Gasteiger partial charge in [-0.25, -0.2) is 0 Å². The molecule has 0 unspecified atom stereocenters. The summed E-state index contributed by atoms with van der Waals surface area (Å²) >= 11 is 0. The van der Waals surface area contributed by atoms with Crippen molar-refractivity contribution in [2.75, 3.05) is 0 Å². The highest BCUT2D eigenvalue weighted by Gasteiger charge is 2.31. The first-order chi connectivity index (χ1) is 14.6. The van der Waals surface area contributed by atoms with E-state index in [9.17, 15) is 5.11 Å². The normalized spacial score (nSPS) is 11.5. The van der Waals surface area contributed by atoms with Gasteiger partial charge in [0.15, 0.2) is 0 Å². The molecule has 0 atom stereocenters. The molecular weight excluding hydrogens is 372 g/mol. The lowest BCUT2D eigenvalue weighted by Crippen LogP contribution is -2.26. The standard InChI is InChI=1S/C26H32N2O2/c1-3-26(4-2,22-10-12-24(29)20(14-22)16-27)23-11-13-25(21(15-23)17-28)30-18-19-8-6-5-7-9-19/h5-15,29H,3-4,16-18,27-28H2,1-2H3. The molecular formula is C26H32N2O2. The molecule has 3 rings (SSSR count). The highest BCUT2D eigenvalue weighted by molar-refractivity contribution is 5.48. The van der Waals surface area contributed by atoms with Crippen LogP contribution in [0, 0.1) is 0 Å². The number of phenols is 1. The van der Waals surface area contributed by atoms with Crippen LogP contribution >= 0.6 is 0 Å². The first-order valence-electron chi connectivity index (χ1n) is 10.6. The minimum atomic E-state index is -0.181. The van der Waals surface area contributed by atoms with Crippen LogP contribution in [0.1, 0.15) is 54.5 Å². The summed E-state index contributed by atoms with van der Waals surface area (Å²) in [5.41, 5.74) is 17.0. The average molecular weight is 405 g/mol. The van der Waals surface area contributed by atoms with Crippen LogP contribution in [0.5, 0.6) is 11.5 Å². The molecule has 0 aliphatic rings. The quantitative estimate of drug-likeness (QED) is 0.469. The number of rotatable bonds is 9. The van der Waals surface area contributed by atoms with Crippen LogP contribution in [-0.2, 0) is 25.1 Å². The molecule has 0 saturated carbocycles. The monoisotopic (exact) mass is 404 g/mol. The van der Waals surface area contributed by atoms with E-state index in [-0.39, 0.29) is 11.2 Å². The van der Waals surface area contributed by atoms with Crippen molar-refractivity contribution in [3.63, 3.8) is 0 Å². The summed E-state index contributed by atoms with van der Waals surface area (Å²) < 4.78 is 6.08. The van der Waals surface area contributed by atoms with E-state index in [1.165, 1.54) is 5.56 Å². The summed E-state index contributed by atoms with van der Waals surface area (Å²) in [6, 6.07) is 22.2. The van der Waals surface area contributed by atoms with Gasteiger partial charge in [0.1, 0.15) is 18.1 Å². The van der Waals surface area contributed by atoms with E-state index < -0.39 is 0 Å². The van der Waals surface area contributed by atoms with Crippen LogP contribution in [-0.4, -0.2) is 5.11 Å². The number of phenolic OH excluding ortho intramolecular Hbond substituents is 1. The summed E-state index contributed by atoms with van der Waals surface area (Å²) in [6.45, 7) is 5.62. The molecule has 30 heavy (non-hydrogen) atoms. The molecule has 3 aromatic rings. The molecule has 0 spiro atoms. The fraction of sp³-hybridized carbons (Fsp3) is 0.308. The Kier molecular flexibility index (Phi) is 7.14. The molecule has 0 saturated heterocycles. The van der Waals surface area contributed by atoms with Crippen LogP contribution in [0.2, 0.25) is 0 Å². The van der Waals surface area contributed by atoms with Gasteiger partial charge in [-0.3, -0.25) is 0 Å². The van der Waals surface area contributed by atoms with Crippen molar-refractivity contribution >= 4 is 0 Å². The van der Waals surface area contributed by atoms with Gasteiger partial charge in [0.05, 0.1) is 0 Å². The Morgan fingerprint density at radius 1 is 0.800 bits per heavy atom. The molecule has 0 bridgehead atoms. The number of aromatic hydroxyl groups is 1. The first-order valence-corrected chi connectivity index (χ1v) is 10.6. The van der Waals surface area contributed by atoms with Gasteiger partial charge in [0.2, 0.25) is 0 Å². The van der Waals surface area contributed by atoms with Crippen LogP contribution in [0.15, 0.2) is 66.7 Å². The summed E-state index contributed by atoms with van der Waals surface area (Å²) in [7, 11) is 0. The van der Waals surface area contributed by atoms with Crippen LogP contribution in [0.4, 0.5) is 0 Å². The van der Waals surface area contributed by atoms with Gasteiger partial charge in [0, 0.05) is 29.6 Å². The van der Waals surface area contributed by atoms with Crippen molar-refractivity contribution in [2.24, 2.45) is 11.5 Å². The van der Waals surface area contributed by atoms with E-state index >= 15 is 0 Å². The zero-order valence-electron chi connectivity index (χ0n) is 17.9. The molecule has 0 heterocycles. The Morgan fingerprint density at radius 2 is 1.40 bits per heavy atom. The minimum absolute atomic E-state index is 0.181. The Morgan fingerprint density at radius 3 is 2.00 bits per heavy atom. The predicted octanol–water partition coefficient (Wildman–Crippen LogP) is 4.99. The van der Waals surface area contributed by atoms with Crippen LogP contribution < -0.4 is 16.2 Å². The van der Waals surface area contributed by atoms with E-state index in [0.717, 1.165) is 40.8 Å². The van der Waals surface area contributed by atoms with Gasteiger partial charge in [-0.1, -0.05) is 56.3 Å². The van der Waals surface area contributed by atoms with E-state index in [4.69, 9.17) is 16.2 Å². The lowest BCUT2D eigenvalue weighted by molar-refractivity contribution is 0.302.